The van der Waals surface area contributed by atoms with E-state index in [4.69, 9.17) is 37.8 Å². The minimum Gasteiger partial charge on any atom is -0.496 e. The van der Waals surface area contributed by atoms with Gasteiger partial charge in [-0.05, 0) is 67.6 Å². The molecule has 0 saturated heterocycles. The Morgan fingerprint density at radius 2 is 1.45 bits per heavy atom. The van der Waals surface area contributed by atoms with E-state index in [1.54, 1.807) is 26.0 Å². The van der Waals surface area contributed by atoms with Crippen LogP contribution >= 0.6 is 23.2 Å². The predicted molar refractivity (Wildman–Crippen MR) is 151 cm³/mol. The second kappa shape index (κ2) is 12.6. The smallest absolute Gasteiger partial charge is 0.335 e. The summed E-state index contributed by atoms with van der Waals surface area (Å²) in [6.45, 7) is 3.33. The Hall–Kier alpha value is -3.79. The van der Waals surface area contributed by atoms with Crippen LogP contribution in [-0.2, 0) is 16.8 Å². The molecule has 0 aromatic heterocycles. The van der Waals surface area contributed by atoms with Crippen LogP contribution in [0.25, 0.3) is 11.1 Å². The zero-order valence-corrected chi connectivity index (χ0v) is 23.8. The number of benzene rings is 3. The van der Waals surface area contributed by atoms with Crippen molar-refractivity contribution in [3.05, 3.63) is 80.8 Å². The van der Waals surface area contributed by atoms with Crippen molar-refractivity contribution in [1.82, 2.24) is 5.32 Å². The Balaban J connectivity index is 1.78. The third kappa shape index (κ3) is 7.04. The molecule has 1 atom stereocenters. The van der Waals surface area contributed by atoms with Crippen molar-refractivity contribution < 1.29 is 39.2 Å². The molecular weight excluding hydrogens is 561 g/mol. The van der Waals surface area contributed by atoms with Crippen LogP contribution in [-0.4, -0.2) is 53.4 Å². The summed E-state index contributed by atoms with van der Waals surface area (Å²) in [6.07, 6.45) is 0.388. The van der Waals surface area contributed by atoms with Gasteiger partial charge in [0.05, 0.1) is 46.6 Å². The van der Waals surface area contributed by atoms with Crippen LogP contribution in [0.3, 0.4) is 0 Å². The number of aromatic carboxylic acids is 1. The van der Waals surface area contributed by atoms with E-state index in [-0.39, 0.29) is 27.6 Å². The van der Waals surface area contributed by atoms with E-state index in [0.29, 0.717) is 29.0 Å². The summed E-state index contributed by atoms with van der Waals surface area (Å²) in [5.74, 6) is -2.31. The Labute approximate surface area is 241 Å². The minimum absolute atomic E-state index is 0.0653. The lowest BCUT2D eigenvalue weighted by Crippen LogP contribution is -2.41. The molecule has 0 spiro atoms. The summed E-state index contributed by atoms with van der Waals surface area (Å²) in [7, 11) is 3.06. The SMILES string of the molecule is COc1cc(C(C)(C)O)cc(OC)c1-c1ccc(CC[C@H](NC(=O)c2c(Cl)cc(C(=O)O)cc2Cl)C(=O)O)cc1. The molecule has 3 aromatic carbocycles. The minimum atomic E-state index is -1.27. The summed E-state index contributed by atoms with van der Waals surface area (Å²) < 4.78 is 11.2. The molecular formula is C29H29Cl2NO8. The molecule has 212 valence electrons. The van der Waals surface area contributed by atoms with Crippen LogP contribution in [0, 0.1) is 0 Å². The first kappa shape index (κ1) is 30.7. The first-order valence-electron chi connectivity index (χ1n) is 12.1. The summed E-state index contributed by atoms with van der Waals surface area (Å²) in [4.78, 5) is 35.8. The van der Waals surface area contributed by atoms with E-state index in [1.165, 1.54) is 14.2 Å². The Morgan fingerprint density at radius 1 is 0.925 bits per heavy atom. The van der Waals surface area contributed by atoms with Gasteiger partial charge < -0.3 is 30.1 Å². The van der Waals surface area contributed by atoms with Crippen molar-refractivity contribution in [2.24, 2.45) is 0 Å². The number of hydrogen-bond acceptors (Lipinski definition) is 6. The van der Waals surface area contributed by atoms with Crippen LogP contribution in [0.5, 0.6) is 11.5 Å². The zero-order chi connectivity index (χ0) is 29.8. The number of ether oxygens (including phenoxy) is 2. The van der Waals surface area contributed by atoms with E-state index in [1.807, 2.05) is 24.3 Å². The quantitative estimate of drug-likeness (QED) is 0.232. The molecule has 0 saturated carbocycles. The first-order valence-corrected chi connectivity index (χ1v) is 12.9. The predicted octanol–water partition coefficient (Wildman–Crippen LogP) is 5.42. The molecule has 0 aliphatic rings. The third-order valence-corrected chi connectivity index (χ3v) is 6.89. The summed E-state index contributed by atoms with van der Waals surface area (Å²) >= 11 is 12.1. The zero-order valence-electron chi connectivity index (χ0n) is 22.2. The number of halogens is 2. The molecule has 0 unspecified atom stereocenters. The Morgan fingerprint density at radius 3 is 1.88 bits per heavy atom. The number of aryl methyl sites for hydroxylation is 1. The second-order valence-corrected chi connectivity index (χ2v) is 10.3. The molecule has 0 aliphatic carbocycles. The highest BCUT2D eigenvalue weighted by atomic mass is 35.5. The lowest BCUT2D eigenvalue weighted by atomic mass is 9.93. The van der Waals surface area contributed by atoms with Gasteiger partial charge in [0.15, 0.2) is 0 Å². The van der Waals surface area contributed by atoms with Crippen LogP contribution in [0.2, 0.25) is 10.0 Å². The molecule has 9 nitrogen and oxygen atoms in total. The standard InChI is InChI=1S/C29H29Cl2NO8/c1-29(2,38)18-13-22(39-3)24(23(14-18)40-4)16-8-5-15(6-9-16)7-10-21(28(36)37)32-26(33)25-19(30)11-17(27(34)35)12-20(25)31/h5-6,8-9,11-14,21,38H,7,10H2,1-4H3,(H,32,33)(H,34,35)(H,36,37)/t21-/m0/s1. The average molecular weight is 590 g/mol. The highest BCUT2D eigenvalue weighted by molar-refractivity contribution is 6.40. The van der Waals surface area contributed by atoms with Gasteiger partial charge in [-0.15, -0.1) is 0 Å². The van der Waals surface area contributed by atoms with Gasteiger partial charge in [0.25, 0.3) is 5.91 Å². The topological polar surface area (TPSA) is 142 Å². The lowest BCUT2D eigenvalue weighted by molar-refractivity contribution is -0.139. The third-order valence-electron chi connectivity index (χ3n) is 6.30. The molecule has 4 N–H and O–H groups in total. The number of methoxy groups -OCH3 is 2. The summed E-state index contributed by atoms with van der Waals surface area (Å²) in [6, 6.07) is 11.7. The van der Waals surface area contributed by atoms with Crippen molar-refractivity contribution >= 4 is 41.0 Å². The van der Waals surface area contributed by atoms with Gasteiger partial charge >= 0.3 is 11.9 Å². The lowest BCUT2D eigenvalue weighted by Gasteiger charge is -2.22. The average Bonchev–Trinajstić information content (AvgIpc) is 2.89. The van der Waals surface area contributed by atoms with Crippen LogP contribution < -0.4 is 14.8 Å². The maximum atomic E-state index is 12.8. The molecule has 3 aromatic rings. The molecule has 1 amide bonds. The van der Waals surface area contributed by atoms with Crippen molar-refractivity contribution in [1.29, 1.82) is 0 Å². The van der Waals surface area contributed by atoms with E-state index in [9.17, 15) is 24.6 Å². The Kier molecular flexibility index (Phi) is 9.68. The molecule has 11 heteroatoms. The molecule has 0 heterocycles. The largest absolute Gasteiger partial charge is 0.496 e. The number of hydrogen-bond donors (Lipinski definition) is 4. The van der Waals surface area contributed by atoms with Crippen molar-refractivity contribution in [2.75, 3.05) is 14.2 Å². The van der Waals surface area contributed by atoms with E-state index in [2.05, 4.69) is 5.32 Å². The van der Waals surface area contributed by atoms with E-state index < -0.39 is 29.5 Å². The number of carbonyl (C=O) groups excluding carboxylic acids is 1. The van der Waals surface area contributed by atoms with Crippen LogP contribution in [0.4, 0.5) is 0 Å². The number of aliphatic carboxylic acids is 1. The fourth-order valence-electron chi connectivity index (χ4n) is 4.10. The summed E-state index contributed by atoms with van der Waals surface area (Å²) in [5.41, 5.74) is 1.42. The van der Waals surface area contributed by atoms with Crippen molar-refractivity contribution in [3.8, 4) is 22.6 Å². The maximum Gasteiger partial charge on any atom is 0.335 e. The number of aliphatic hydroxyl groups is 1. The van der Waals surface area contributed by atoms with Crippen LogP contribution in [0.15, 0.2) is 48.5 Å². The highest BCUT2D eigenvalue weighted by Crippen LogP contribution is 2.41. The number of nitrogens with one attached hydrogen (secondary N) is 1. The molecule has 0 fully saturated rings. The number of amides is 1. The molecule has 40 heavy (non-hydrogen) atoms. The molecule has 0 radical (unpaired) electrons. The first-order chi connectivity index (χ1) is 18.8. The fourth-order valence-corrected chi connectivity index (χ4v) is 4.76. The monoisotopic (exact) mass is 589 g/mol. The van der Waals surface area contributed by atoms with Gasteiger partial charge in [0.2, 0.25) is 0 Å². The van der Waals surface area contributed by atoms with Gasteiger partial charge in [-0.2, -0.15) is 0 Å². The van der Waals surface area contributed by atoms with Crippen molar-refractivity contribution in [2.45, 2.75) is 38.3 Å². The normalized spacial score (nSPS) is 12.0. The van der Waals surface area contributed by atoms with Crippen molar-refractivity contribution in [3.63, 3.8) is 0 Å². The number of carboxylic acids is 2. The fraction of sp³-hybridized carbons (Fsp3) is 0.276. The van der Waals surface area contributed by atoms with Gasteiger partial charge in [0, 0.05) is 0 Å². The second-order valence-electron chi connectivity index (χ2n) is 9.53. The van der Waals surface area contributed by atoms with Crippen LogP contribution in [0.1, 0.15) is 52.1 Å². The molecule has 0 aliphatic heterocycles. The van der Waals surface area contributed by atoms with Gasteiger partial charge in [-0.1, -0.05) is 47.5 Å². The number of carboxylic acid groups (broad SMARTS) is 2. The number of carbonyl (C=O) groups is 3. The molecule has 0 bridgehead atoms. The van der Waals surface area contributed by atoms with E-state index >= 15 is 0 Å². The highest BCUT2D eigenvalue weighted by Gasteiger charge is 2.25. The maximum absolute atomic E-state index is 12.8. The molecule has 3 rings (SSSR count). The number of rotatable bonds is 11. The van der Waals surface area contributed by atoms with Gasteiger partial charge in [0.1, 0.15) is 17.5 Å². The summed E-state index contributed by atoms with van der Waals surface area (Å²) in [5, 5.41) is 31.2. The van der Waals surface area contributed by atoms with Gasteiger partial charge in [-0.3, -0.25) is 4.79 Å². The van der Waals surface area contributed by atoms with E-state index in [0.717, 1.165) is 23.3 Å². The van der Waals surface area contributed by atoms with Gasteiger partial charge in [-0.25, -0.2) is 9.59 Å². The Bertz CT molecular complexity index is 1380.